The lowest BCUT2D eigenvalue weighted by Crippen LogP contribution is -2.30. The predicted octanol–water partition coefficient (Wildman–Crippen LogP) is 0.939. The molecule has 0 aliphatic rings. The molecule has 0 bridgehead atoms. The van der Waals surface area contributed by atoms with Crippen molar-refractivity contribution in [2.45, 2.75) is 19.8 Å². The van der Waals surface area contributed by atoms with E-state index in [0.717, 1.165) is 26.1 Å². The highest BCUT2D eigenvalue weighted by Gasteiger charge is 2.03. The molecule has 0 spiro atoms. The van der Waals surface area contributed by atoms with Crippen LogP contribution >= 0.6 is 0 Å². The second kappa shape index (κ2) is 9.30. The summed E-state index contributed by atoms with van der Waals surface area (Å²) >= 11 is 0. The quantitative estimate of drug-likeness (QED) is 0.576. The van der Waals surface area contributed by atoms with Crippen LogP contribution in [0.1, 0.15) is 13.3 Å². The molecule has 0 unspecified atom stereocenters. The van der Waals surface area contributed by atoms with Gasteiger partial charge in [0, 0.05) is 26.2 Å². The topological polar surface area (TPSA) is 38.5 Å². The molecule has 0 aliphatic heterocycles. The lowest BCUT2D eigenvalue weighted by Gasteiger charge is -2.18. The van der Waals surface area contributed by atoms with E-state index in [-0.39, 0.29) is 0 Å². The maximum absolute atomic E-state index is 11.7. The van der Waals surface area contributed by atoms with Gasteiger partial charge in [0.1, 0.15) is 6.61 Å². The van der Waals surface area contributed by atoms with E-state index in [4.69, 9.17) is 10.5 Å². The summed E-state index contributed by atoms with van der Waals surface area (Å²) < 4.78 is 28.1. The predicted molar refractivity (Wildman–Crippen MR) is 52.6 cm³/mol. The van der Waals surface area contributed by atoms with E-state index in [0.29, 0.717) is 13.2 Å². The zero-order valence-electron chi connectivity index (χ0n) is 8.72. The number of rotatable bonds is 9. The van der Waals surface area contributed by atoms with E-state index >= 15 is 0 Å². The van der Waals surface area contributed by atoms with Crippen LogP contribution in [0, 0.1) is 0 Å². The standard InChI is InChI=1S/C9H20F2N2O/c1-2-13(6-4-12)5-3-7-14-8-9(10)11/h9H,2-8,12H2,1H3. The highest BCUT2D eigenvalue weighted by molar-refractivity contribution is 4.55. The molecule has 14 heavy (non-hydrogen) atoms. The molecule has 3 nitrogen and oxygen atoms in total. The zero-order valence-corrected chi connectivity index (χ0v) is 8.72. The fourth-order valence-electron chi connectivity index (χ4n) is 1.17. The van der Waals surface area contributed by atoms with Crippen LogP contribution < -0.4 is 5.73 Å². The average molecular weight is 210 g/mol. The number of ether oxygens (including phenoxy) is 1. The van der Waals surface area contributed by atoms with Crippen molar-refractivity contribution in [3.8, 4) is 0 Å². The minimum Gasteiger partial charge on any atom is -0.375 e. The van der Waals surface area contributed by atoms with Gasteiger partial charge in [-0.25, -0.2) is 8.78 Å². The third kappa shape index (κ3) is 8.34. The molecule has 5 heteroatoms. The van der Waals surface area contributed by atoms with Gasteiger partial charge in [0.25, 0.3) is 6.43 Å². The second-order valence-corrected chi connectivity index (χ2v) is 3.04. The lowest BCUT2D eigenvalue weighted by atomic mass is 10.4. The van der Waals surface area contributed by atoms with Crippen molar-refractivity contribution in [2.24, 2.45) is 5.73 Å². The van der Waals surface area contributed by atoms with Crippen LogP contribution in [0.5, 0.6) is 0 Å². The first-order chi connectivity index (χ1) is 6.70. The van der Waals surface area contributed by atoms with Gasteiger partial charge < -0.3 is 15.4 Å². The fraction of sp³-hybridized carbons (Fsp3) is 1.00. The van der Waals surface area contributed by atoms with Crippen LogP contribution in [0.4, 0.5) is 8.78 Å². The molecule has 0 saturated carbocycles. The Hall–Kier alpha value is -0.260. The monoisotopic (exact) mass is 210 g/mol. The van der Waals surface area contributed by atoms with Crippen molar-refractivity contribution < 1.29 is 13.5 Å². The van der Waals surface area contributed by atoms with Crippen molar-refractivity contribution in [1.82, 2.24) is 4.90 Å². The van der Waals surface area contributed by atoms with Crippen LogP contribution in [-0.2, 0) is 4.74 Å². The van der Waals surface area contributed by atoms with Crippen molar-refractivity contribution >= 4 is 0 Å². The summed E-state index contributed by atoms with van der Waals surface area (Å²) in [4.78, 5) is 2.17. The van der Waals surface area contributed by atoms with Crippen molar-refractivity contribution in [3.05, 3.63) is 0 Å². The fourth-order valence-corrected chi connectivity index (χ4v) is 1.17. The van der Waals surface area contributed by atoms with E-state index in [9.17, 15) is 8.78 Å². The summed E-state index contributed by atoms with van der Waals surface area (Å²) in [5, 5.41) is 0. The molecule has 2 N–H and O–H groups in total. The molecular formula is C9H20F2N2O. The van der Waals surface area contributed by atoms with Gasteiger partial charge in [-0.2, -0.15) is 0 Å². The maximum atomic E-state index is 11.7. The smallest absolute Gasteiger partial charge is 0.261 e. The normalized spacial score (nSPS) is 11.6. The van der Waals surface area contributed by atoms with Gasteiger partial charge >= 0.3 is 0 Å². The summed E-state index contributed by atoms with van der Waals surface area (Å²) in [7, 11) is 0. The summed E-state index contributed by atoms with van der Waals surface area (Å²) in [5.41, 5.74) is 5.40. The molecule has 0 radical (unpaired) electrons. The molecule has 0 heterocycles. The first-order valence-electron chi connectivity index (χ1n) is 4.99. The van der Waals surface area contributed by atoms with E-state index in [1.165, 1.54) is 0 Å². The number of hydrogen-bond donors (Lipinski definition) is 1. The van der Waals surface area contributed by atoms with Crippen LogP contribution in [0.15, 0.2) is 0 Å². The third-order valence-electron chi connectivity index (χ3n) is 1.90. The number of nitrogens with two attached hydrogens (primary N) is 1. The third-order valence-corrected chi connectivity index (χ3v) is 1.90. The summed E-state index contributed by atoms with van der Waals surface area (Å²) in [6.07, 6.45) is -1.58. The van der Waals surface area contributed by atoms with Crippen LogP contribution in [-0.4, -0.2) is 50.7 Å². The van der Waals surface area contributed by atoms with Crippen LogP contribution in [0.3, 0.4) is 0 Å². The Balaban J connectivity index is 3.24. The van der Waals surface area contributed by atoms with Gasteiger partial charge in [-0.05, 0) is 13.0 Å². The Morgan fingerprint density at radius 1 is 1.36 bits per heavy atom. The van der Waals surface area contributed by atoms with Gasteiger partial charge in [0.15, 0.2) is 0 Å². The maximum Gasteiger partial charge on any atom is 0.261 e. The molecule has 0 saturated heterocycles. The summed E-state index contributed by atoms with van der Waals surface area (Å²) in [6.45, 7) is 5.27. The first-order valence-corrected chi connectivity index (χ1v) is 4.99. The highest BCUT2D eigenvalue weighted by atomic mass is 19.3. The van der Waals surface area contributed by atoms with Crippen molar-refractivity contribution in [1.29, 1.82) is 0 Å². The molecule has 86 valence electrons. The number of nitrogens with zero attached hydrogens (tertiary/aromatic N) is 1. The SMILES string of the molecule is CCN(CCN)CCCOCC(F)F. The van der Waals surface area contributed by atoms with Gasteiger partial charge in [-0.3, -0.25) is 0 Å². The minimum atomic E-state index is -2.36. The molecule has 0 rings (SSSR count). The average Bonchev–Trinajstić information content (AvgIpc) is 2.15. The van der Waals surface area contributed by atoms with Gasteiger partial charge in [-0.1, -0.05) is 6.92 Å². The van der Waals surface area contributed by atoms with Gasteiger partial charge in [0.05, 0.1) is 0 Å². The number of likely N-dealkylation sites (N-methyl/N-ethyl adjacent to an activating group) is 1. The number of halogens is 2. The van der Waals surface area contributed by atoms with E-state index < -0.39 is 13.0 Å². The van der Waals surface area contributed by atoms with Gasteiger partial charge in [0.2, 0.25) is 0 Å². The van der Waals surface area contributed by atoms with Crippen LogP contribution in [0.25, 0.3) is 0 Å². The molecule has 0 aromatic rings. The Morgan fingerprint density at radius 2 is 2.07 bits per heavy atom. The Bertz CT molecular complexity index is 125. The zero-order chi connectivity index (χ0) is 10.8. The second-order valence-electron chi connectivity index (χ2n) is 3.04. The largest absolute Gasteiger partial charge is 0.375 e. The van der Waals surface area contributed by atoms with E-state index in [1.807, 2.05) is 0 Å². The Morgan fingerprint density at radius 3 is 2.57 bits per heavy atom. The molecule has 0 fully saturated rings. The molecule has 0 aromatic carbocycles. The van der Waals surface area contributed by atoms with Gasteiger partial charge in [-0.15, -0.1) is 0 Å². The molecule has 0 aliphatic carbocycles. The highest BCUT2D eigenvalue weighted by Crippen LogP contribution is 1.95. The molecule has 0 aromatic heterocycles. The molecule has 0 atom stereocenters. The minimum absolute atomic E-state index is 0.394. The summed E-state index contributed by atoms with van der Waals surface area (Å²) in [6, 6.07) is 0. The lowest BCUT2D eigenvalue weighted by molar-refractivity contribution is 0.0146. The van der Waals surface area contributed by atoms with Crippen LogP contribution in [0.2, 0.25) is 0 Å². The summed E-state index contributed by atoms with van der Waals surface area (Å²) in [5.74, 6) is 0. The Labute approximate surface area is 84.2 Å². The Kier molecular flexibility index (Phi) is 9.13. The van der Waals surface area contributed by atoms with Crippen molar-refractivity contribution in [3.63, 3.8) is 0 Å². The van der Waals surface area contributed by atoms with E-state index in [1.54, 1.807) is 0 Å². The number of hydrogen-bond acceptors (Lipinski definition) is 3. The van der Waals surface area contributed by atoms with E-state index in [2.05, 4.69) is 11.8 Å². The first kappa shape index (κ1) is 13.7. The molecular weight excluding hydrogens is 190 g/mol. The number of alkyl halides is 2. The van der Waals surface area contributed by atoms with Crippen molar-refractivity contribution in [2.75, 3.05) is 39.4 Å². The molecule has 0 amide bonds.